The van der Waals surface area contributed by atoms with E-state index in [1.807, 2.05) is 0 Å². The Hall–Kier alpha value is -1.24. The number of sulfonamides is 1. The van der Waals surface area contributed by atoms with Crippen LogP contribution in [0, 0.1) is 0 Å². The van der Waals surface area contributed by atoms with E-state index in [-0.39, 0.29) is 9.92 Å². The monoisotopic (exact) mass is 360 g/mol. The normalized spacial score (nSPS) is 11.3. The Morgan fingerprint density at radius 2 is 1.84 bits per heavy atom. The third-order valence-electron chi connectivity index (χ3n) is 2.38. The van der Waals surface area contributed by atoms with Gasteiger partial charge in [0.05, 0.1) is 10.7 Å². The zero-order valence-electron chi connectivity index (χ0n) is 9.60. The van der Waals surface area contributed by atoms with Crippen LogP contribution < -0.4 is 10.5 Å². The van der Waals surface area contributed by atoms with Crippen molar-refractivity contribution < 1.29 is 8.42 Å². The number of anilines is 2. The zero-order valence-corrected chi connectivity index (χ0v) is 12.8. The van der Waals surface area contributed by atoms with Crippen LogP contribution in [0.25, 0.3) is 0 Å². The quantitative estimate of drug-likeness (QED) is 0.822. The second-order valence-corrected chi connectivity index (χ2v) is 6.68. The highest BCUT2D eigenvalue weighted by Crippen LogP contribution is 2.27. The lowest BCUT2D eigenvalue weighted by Crippen LogP contribution is -2.13. The van der Waals surface area contributed by atoms with Crippen LogP contribution in [0.4, 0.5) is 11.4 Å². The molecule has 7 heteroatoms. The standard InChI is InChI=1S/C12H10BrClN2O2S/c13-9-7-8(5-6-11(9)15)16-19(17,18)12-4-2-1-3-10(12)14/h1-7,16H,15H2. The van der Waals surface area contributed by atoms with Crippen molar-refractivity contribution in [1.29, 1.82) is 0 Å². The van der Waals surface area contributed by atoms with Gasteiger partial charge in [-0.1, -0.05) is 23.7 Å². The van der Waals surface area contributed by atoms with Gasteiger partial charge < -0.3 is 5.73 Å². The molecule has 0 aliphatic rings. The predicted molar refractivity (Wildman–Crippen MR) is 80.8 cm³/mol. The number of nitrogens with two attached hydrogens (primary N) is 1. The molecule has 0 unspecified atom stereocenters. The van der Waals surface area contributed by atoms with E-state index in [0.717, 1.165) is 0 Å². The molecule has 2 aromatic carbocycles. The highest BCUT2D eigenvalue weighted by atomic mass is 79.9. The van der Waals surface area contributed by atoms with Gasteiger partial charge in [0.2, 0.25) is 0 Å². The predicted octanol–water partition coefficient (Wildman–Crippen LogP) is 3.49. The summed E-state index contributed by atoms with van der Waals surface area (Å²) in [5.74, 6) is 0. The summed E-state index contributed by atoms with van der Waals surface area (Å²) < 4.78 is 27.4. The van der Waals surface area contributed by atoms with Crippen molar-refractivity contribution in [2.24, 2.45) is 0 Å². The molecule has 4 nitrogen and oxygen atoms in total. The molecule has 100 valence electrons. The Morgan fingerprint density at radius 1 is 1.16 bits per heavy atom. The number of hydrogen-bond acceptors (Lipinski definition) is 3. The van der Waals surface area contributed by atoms with E-state index in [2.05, 4.69) is 20.7 Å². The molecule has 0 atom stereocenters. The van der Waals surface area contributed by atoms with Crippen LogP contribution in [0.5, 0.6) is 0 Å². The molecular weight excluding hydrogens is 352 g/mol. The third-order valence-corrected chi connectivity index (χ3v) is 4.95. The van der Waals surface area contributed by atoms with E-state index >= 15 is 0 Å². The number of nitrogens with one attached hydrogen (secondary N) is 1. The molecule has 0 amide bonds. The van der Waals surface area contributed by atoms with Crippen molar-refractivity contribution in [1.82, 2.24) is 0 Å². The largest absolute Gasteiger partial charge is 0.398 e. The maximum atomic E-state index is 12.2. The minimum Gasteiger partial charge on any atom is -0.398 e. The number of halogens is 2. The molecule has 19 heavy (non-hydrogen) atoms. The average molecular weight is 362 g/mol. The van der Waals surface area contributed by atoms with E-state index in [4.69, 9.17) is 17.3 Å². The van der Waals surface area contributed by atoms with Crippen molar-refractivity contribution in [3.8, 4) is 0 Å². The Morgan fingerprint density at radius 3 is 2.47 bits per heavy atom. The van der Waals surface area contributed by atoms with Crippen LogP contribution in [0.2, 0.25) is 5.02 Å². The summed E-state index contributed by atoms with van der Waals surface area (Å²) in [4.78, 5) is 0.0321. The van der Waals surface area contributed by atoms with E-state index in [0.29, 0.717) is 15.8 Å². The van der Waals surface area contributed by atoms with E-state index in [1.54, 1.807) is 30.3 Å². The molecule has 3 N–H and O–H groups in total. The lowest BCUT2D eigenvalue weighted by molar-refractivity contribution is 0.601. The van der Waals surface area contributed by atoms with Gasteiger partial charge in [-0.25, -0.2) is 8.42 Å². The molecule has 0 aromatic heterocycles. The fourth-order valence-electron chi connectivity index (χ4n) is 1.46. The second-order valence-electron chi connectivity index (χ2n) is 3.77. The van der Waals surface area contributed by atoms with Gasteiger partial charge in [0, 0.05) is 10.2 Å². The number of nitrogen functional groups attached to an aromatic ring is 1. The van der Waals surface area contributed by atoms with Crippen molar-refractivity contribution in [2.75, 3.05) is 10.5 Å². The maximum Gasteiger partial charge on any atom is 0.263 e. The second kappa shape index (κ2) is 5.40. The van der Waals surface area contributed by atoms with E-state index in [9.17, 15) is 8.42 Å². The van der Waals surface area contributed by atoms with Crippen LogP contribution in [-0.2, 0) is 10.0 Å². The van der Waals surface area contributed by atoms with Crippen LogP contribution >= 0.6 is 27.5 Å². The molecule has 2 aromatic rings. The fraction of sp³-hybridized carbons (Fsp3) is 0. The summed E-state index contributed by atoms with van der Waals surface area (Å²) in [6.45, 7) is 0. The van der Waals surface area contributed by atoms with Crippen molar-refractivity contribution in [2.45, 2.75) is 4.90 Å². The molecule has 0 fully saturated rings. The maximum absolute atomic E-state index is 12.2. The van der Waals surface area contributed by atoms with Gasteiger partial charge in [0.1, 0.15) is 4.90 Å². The van der Waals surface area contributed by atoms with Crippen LogP contribution in [0.15, 0.2) is 51.8 Å². The summed E-state index contributed by atoms with van der Waals surface area (Å²) in [6, 6.07) is 11.0. The lowest BCUT2D eigenvalue weighted by Gasteiger charge is -2.10. The molecule has 0 saturated heterocycles. The lowest BCUT2D eigenvalue weighted by atomic mass is 10.3. The number of rotatable bonds is 3. The average Bonchev–Trinajstić information content (AvgIpc) is 2.34. The van der Waals surface area contributed by atoms with Crippen molar-refractivity contribution in [3.63, 3.8) is 0 Å². The molecule has 0 spiro atoms. The first kappa shape index (κ1) is 14.2. The summed E-state index contributed by atoms with van der Waals surface area (Å²) in [5, 5.41) is 0.171. The molecule has 0 heterocycles. The summed E-state index contributed by atoms with van der Waals surface area (Å²) in [6.07, 6.45) is 0. The Labute approximate surface area is 124 Å². The highest BCUT2D eigenvalue weighted by molar-refractivity contribution is 9.10. The summed E-state index contributed by atoms with van der Waals surface area (Å²) in [7, 11) is -3.72. The van der Waals surface area contributed by atoms with Crippen molar-refractivity contribution in [3.05, 3.63) is 52.0 Å². The molecule has 0 aliphatic heterocycles. The van der Waals surface area contributed by atoms with Gasteiger partial charge in [0.15, 0.2) is 0 Å². The zero-order chi connectivity index (χ0) is 14.0. The highest BCUT2D eigenvalue weighted by Gasteiger charge is 2.17. The fourth-order valence-corrected chi connectivity index (χ4v) is 3.41. The van der Waals surface area contributed by atoms with Gasteiger partial charge >= 0.3 is 0 Å². The van der Waals surface area contributed by atoms with Gasteiger partial charge in [-0.05, 0) is 46.3 Å². The molecule has 0 saturated carbocycles. The first-order valence-electron chi connectivity index (χ1n) is 5.22. The Balaban J connectivity index is 2.37. The minimum atomic E-state index is -3.72. The van der Waals surface area contributed by atoms with Gasteiger partial charge in [0.25, 0.3) is 10.0 Å². The molecule has 2 rings (SSSR count). The molecule has 0 radical (unpaired) electrons. The van der Waals surface area contributed by atoms with Crippen LogP contribution in [0.3, 0.4) is 0 Å². The van der Waals surface area contributed by atoms with Crippen molar-refractivity contribution >= 4 is 48.9 Å². The van der Waals surface area contributed by atoms with Gasteiger partial charge in [-0.2, -0.15) is 0 Å². The van der Waals surface area contributed by atoms with Gasteiger partial charge in [-0.15, -0.1) is 0 Å². The number of benzene rings is 2. The SMILES string of the molecule is Nc1ccc(NS(=O)(=O)c2ccccc2Cl)cc1Br. The third kappa shape index (κ3) is 3.20. The summed E-state index contributed by atoms with van der Waals surface area (Å²) in [5.41, 5.74) is 6.57. The molecule has 0 aliphatic carbocycles. The van der Waals surface area contributed by atoms with Crippen LogP contribution in [0.1, 0.15) is 0 Å². The van der Waals surface area contributed by atoms with E-state index in [1.165, 1.54) is 12.1 Å². The summed E-state index contributed by atoms with van der Waals surface area (Å²) >= 11 is 9.12. The Bertz CT molecular complexity index is 719. The Kier molecular flexibility index (Phi) is 4.03. The molecular formula is C12H10BrClN2O2S. The smallest absolute Gasteiger partial charge is 0.263 e. The topological polar surface area (TPSA) is 72.2 Å². The first-order chi connectivity index (χ1) is 8.90. The van der Waals surface area contributed by atoms with E-state index < -0.39 is 10.0 Å². The van der Waals surface area contributed by atoms with Gasteiger partial charge in [-0.3, -0.25) is 4.72 Å². The minimum absolute atomic E-state index is 0.0321. The number of hydrogen-bond donors (Lipinski definition) is 2. The first-order valence-corrected chi connectivity index (χ1v) is 7.88. The molecule has 0 bridgehead atoms. The van der Waals surface area contributed by atoms with Crippen LogP contribution in [-0.4, -0.2) is 8.42 Å².